The quantitative estimate of drug-likeness (QED) is 0.554. The highest BCUT2D eigenvalue weighted by Crippen LogP contribution is 2.45. The van der Waals surface area contributed by atoms with Gasteiger partial charge in [-0.3, -0.25) is 0 Å². The van der Waals surface area contributed by atoms with Crippen LogP contribution in [0.3, 0.4) is 0 Å². The lowest BCUT2D eigenvalue weighted by Gasteiger charge is -2.41. The molecule has 0 amide bonds. The SMILES string of the molecule is CC1(C)Oc2ccc3ccc(=O)oc3c2[C@@H](OC(=O)c2ccccc2)[C@@H]1O. The van der Waals surface area contributed by atoms with E-state index in [-0.39, 0.29) is 5.58 Å². The standard InChI is InChI=1S/C21H18O6/c1-21(2)19(23)18(26-20(24)13-6-4-3-5-7-13)16-14(27-21)10-8-12-9-11-15(22)25-17(12)16/h3-11,18-19,23H,1-2H3/t18-,19+/m1/s1. The fourth-order valence-electron chi connectivity index (χ4n) is 3.24. The van der Waals surface area contributed by atoms with E-state index in [2.05, 4.69) is 0 Å². The smallest absolute Gasteiger partial charge is 0.338 e. The number of hydrogen-bond acceptors (Lipinski definition) is 6. The van der Waals surface area contributed by atoms with Gasteiger partial charge in [0.25, 0.3) is 0 Å². The van der Waals surface area contributed by atoms with Crippen LogP contribution in [0.15, 0.2) is 63.8 Å². The minimum Gasteiger partial charge on any atom is -0.484 e. The zero-order chi connectivity index (χ0) is 19.2. The van der Waals surface area contributed by atoms with Gasteiger partial charge in [0, 0.05) is 11.5 Å². The Balaban J connectivity index is 1.86. The van der Waals surface area contributed by atoms with Gasteiger partial charge < -0.3 is 19.0 Å². The molecule has 0 aliphatic carbocycles. The zero-order valence-corrected chi connectivity index (χ0v) is 14.8. The zero-order valence-electron chi connectivity index (χ0n) is 14.8. The number of rotatable bonds is 2. The summed E-state index contributed by atoms with van der Waals surface area (Å²) < 4.78 is 16.9. The van der Waals surface area contributed by atoms with E-state index in [0.717, 1.165) is 0 Å². The number of hydrogen-bond donors (Lipinski definition) is 1. The van der Waals surface area contributed by atoms with Crippen LogP contribution in [0.5, 0.6) is 5.75 Å². The third-order valence-electron chi connectivity index (χ3n) is 4.69. The van der Waals surface area contributed by atoms with Gasteiger partial charge in [-0.05, 0) is 44.2 Å². The van der Waals surface area contributed by atoms with Crippen LogP contribution in [0, 0.1) is 0 Å². The molecular weight excluding hydrogens is 348 g/mol. The van der Waals surface area contributed by atoms with Crippen molar-refractivity contribution in [1.82, 2.24) is 0 Å². The first kappa shape index (κ1) is 17.3. The predicted molar refractivity (Wildman–Crippen MR) is 97.8 cm³/mol. The third-order valence-corrected chi connectivity index (χ3v) is 4.69. The summed E-state index contributed by atoms with van der Waals surface area (Å²) in [5.74, 6) is -0.184. The van der Waals surface area contributed by atoms with E-state index < -0.39 is 29.4 Å². The van der Waals surface area contributed by atoms with Crippen LogP contribution in [-0.2, 0) is 4.74 Å². The molecule has 1 aromatic heterocycles. The third kappa shape index (κ3) is 2.98. The summed E-state index contributed by atoms with van der Waals surface area (Å²) in [7, 11) is 0. The highest BCUT2D eigenvalue weighted by atomic mass is 16.6. The van der Waals surface area contributed by atoms with Crippen LogP contribution in [0.25, 0.3) is 11.0 Å². The Hall–Kier alpha value is -3.12. The Morgan fingerprint density at radius 1 is 1.07 bits per heavy atom. The summed E-state index contributed by atoms with van der Waals surface area (Å²) in [4.78, 5) is 24.4. The lowest BCUT2D eigenvalue weighted by atomic mass is 9.87. The minimum absolute atomic E-state index is 0.236. The van der Waals surface area contributed by atoms with Gasteiger partial charge in [0.2, 0.25) is 0 Å². The van der Waals surface area contributed by atoms with Crippen molar-refractivity contribution >= 4 is 16.9 Å². The fraction of sp³-hybridized carbons (Fsp3) is 0.238. The molecule has 1 aliphatic heterocycles. The second-order valence-corrected chi connectivity index (χ2v) is 6.99. The van der Waals surface area contributed by atoms with Crippen molar-refractivity contribution in [1.29, 1.82) is 0 Å². The molecule has 3 aromatic rings. The molecule has 0 unspecified atom stereocenters. The molecule has 2 aromatic carbocycles. The van der Waals surface area contributed by atoms with E-state index in [1.165, 1.54) is 6.07 Å². The molecule has 0 spiro atoms. The molecule has 6 nitrogen and oxygen atoms in total. The molecule has 0 saturated heterocycles. The second-order valence-electron chi connectivity index (χ2n) is 6.99. The van der Waals surface area contributed by atoms with Crippen LogP contribution in [-0.4, -0.2) is 22.8 Å². The number of aliphatic hydroxyl groups excluding tert-OH is 1. The average Bonchev–Trinajstić information content (AvgIpc) is 2.65. The predicted octanol–water partition coefficient (Wildman–Crippen LogP) is 3.22. The molecule has 0 radical (unpaired) electrons. The largest absolute Gasteiger partial charge is 0.484 e. The number of esters is 1. The van der Waals surface area contributed by atoms with Crippen LogP contribution in [0.4, 0.5) is 0 Å². The van der Waals surface area contributed by atoms with Gasteiger partial charge in [-0.2, -0.15) is 0 Å². The average molecular weight is 366 g/mol. The maximum atomic E-state index is 12.6. The second kappa shape index (κ2) is 6.25. The molecule has 2 heterocycles. The first-order valence-electron chi connectivity index (χ1n) is 8.57. The lowest BCUT2D eigenvalue weighted by Crippen LogP contribution is -2.49. The Bertz CT molecular complexity index is 1070. The summed E-state index contributed by atoms with van der Waals surface area (Å²) in [6, 6.07) is 14.9. The number of ether oxygens (including phenoxy) is 2. The van der Waals surface area contributed by atoms with Crippen molar-refractivity contribution in [3.05, 3.63) is 76.1 Å². The molecule has 0 bridgehead atoms. The fourth-order valence-corrected chi connectivity index (χ4v) is 3.24. The van der Waals surface area contributed by atoms with Crippen LogP contribution < -0.4 is 10.4 Å². The summed E-state index contributed by atoms with van der Waals surface area (Å²) in [5, 5.41) is 11.5. The van der Waals surface area contributed by atoms with Crippen molar-refractivity contribution in [3.63, 3.8) is 0 Å². The van der Waals surface area contributed by atoms with Crippen molar-refractivity contribution < 1.29 is 23.8 Å². The Morgan fingerprint density at radius 3 is 2.52 bits per heavy atom. The normalized spacial score (nSPS) is 20.6. The Kier molecular flexibility index (Phi) is 4.00. The maximum absolute atomic E-state index is 12.6. The molecular formula is C21H18O6. The van der Waals surface area contributed by atoms with Gasteiger partial charge in [-0.1, -0.05) is 18.2 Å². The van der Waals surface area contributed by atoms with Gasteiger partial charge in [0.1, 0.15) is 23.0 Å². The first-order valence-corrected chi connectivity index (χ1v) is 8.57. The van der Waals surface area contributed by atoms with E-state index in [1.807, 2.05) is 0 Å². The van der Waals surface area contributed by atoms with Crippen molar-refractivity contribution in [2.75, 3.05) is 0 Å². The maximum Gasteiger partial charge on any atom is 0.338 e. The molecule has 138 valence electrons. The van der Waals surface area contributed by atoms with Crippen molar-refractivity contribution in [2.45, 2.75) is 31.7 Å². The number of fused-ring (bicyclic) bond motifs is 3. The summed E-state index contributed by atoms with van der Waals surface area (Å²) in [5.41, 5.74) is -0.598. The molecule has 0 saturated carbocycles. The molecule has 0 fully saturated rings. The number of carbonyl (C=O) groups excluding carboxylic acids is 1. The van der Waals surface area contributed by atoms with Gasteiger partial charge in [-0.15, -0.1) is 0 Å². The first-order chi connectivity index (χ1) is 12.9. The topological polar surface area (TPSA) is 86.0 Å². The molecule has 6 heteroatoms. The van der Waals surface area contributed by atoms with Gasteiger partial charge in [0.05, 0.1) is 11.1 Å². The number of carbonyl (C=O) groups is 1. The van der Waals surface area contributed by atoms with Gasteiger partial charge in [-0.25, -0.2) is 9.59 Å². The summed E-state index contributed by atoms with van der Waals surface area (Å²) in [6.07, 6.45) is -2.21. The molecule has 1 N–H and O–H groups in total. The summed E-state index contributed by atoms with van der Waals surface area (Å²) in [6.45, 7) is 3.41. The van der Waals surface area contributed by atoms with Crippen LogP contribution >= 0.6 is 0 Å². The van der Waals surface area contributed by atoms with Crippen molar-refractivity contribution in [2.24, 2.45) is 0 Å². The van der Waals surface area contributed by atoms with Crippen LogP contribution in [0.2, 0.25) is 0 Å². The number of aliphatic hydroxyl groups is 1. The van der Waals surface area contributed by atoms with E-state index in [4.69, 9.17) is 13.9 Å². The highest BCUT2D eigenvalue weighted by molar-refractivity contribution is 5.90. The number of benzene rings is 2. The van der Waals surface area contributed by atoms with Gasteiger partial charge in [0.15, 0.2) is 6.10 Å². The van der Waals surface area contributed by atoms with E-state index >= 15 is 0 Å². The highest BCUT2D eigenvalue weighted by Gasteiger charge is 2.46. The van der Waals surface area contributed by atoms with E-state index in [0.29, 0.717) is 22.3 Å². The van der Waals surface area contributed by atoms with Crippen LogP contribution in [0.1, 0.15) is 35.9 Å². The minimum atomic E-state index is -1.16. The lowest BCUT2D eigenvalue weighted by molar-refractivity contribution is -0.116. The van der Waals surface area contributed by atoms with E-state index in [9.17, 15) is 14.7 Å². The van der Waals surface area contributed by atoms with E-state index in [1.54, 1.807) is 62.4 Å². The monoisotopic (exact) mass is 366 g/mol. The Labute approximate surface area is 155 Å². The van der Waals surface area contributed by atoms with Gasteiger partial charge >= 0.3 is 11.6 Å². The van der Waals surface area contributed by atoms with Crippen molar-refractivity contribution in [3.8, 4) is 5.75 Å². The summed E-state index contributed by atoms with van der Waals surface area (Å²) >= 11 is 0. The molecule has 27 heavy (non-hydrogen) atoms. The molecule has 4 rings (SSSR count). The molecule has 2 atom stereocenters. The molecule has 1 aliphatic rings. The Morgan fingerprint density at radius 2 is 1.78 bits per heavy atom.